The summed E-state index contributed by atoms with van der Waals surface area (Å²) in [6, 6.07) is 15.8. The Morgan fingerprint density at radius 1 is 1.00 bits per heavy atom. The minimum absolute atomic E-state index is 0.245. The van der Waals surface area contributed by atoms with Gasteiger partial charge in [-0.05, 0) is 69.6 Å². The molecule has 2 amide bonds. The Hall–Kier alpha value is -4.44. The van der Waals surface area contributed by atoms with Gasteiger partial charge in [-0.15, -0.1) is 0 Å². The normalized spacial score (nSPS) is 13.9. The minimum Gasteiger partial charge on any atom is -0.369 e. The minimum atomic E-state index is -0.302. The lowest BCUT2D eigenvalue weighted by Gasteiger charge is -2.35. The zero-order valence-electron chi connectivity index (χ0n) is 24.5. The van der Waals surface area contributed by atoms with E-state index in [9.17, 15) is 4.79 Å². The van der Waals surface area contributed by atoms with Gasteiger partial charge in [-0.1, -0.05) is 25.1 Å². The maximum atomic E-state index is 13.9. The summed E-state index contributed by atoms with van der Waals surface area (Å²) in [5, 5.41) is 10.8. The Morgan fingerprint density at radius 3 is 2.34 bits per heavy atom. The Bertz CT molecular complexity index is 1450. The largest absolute Gasteiger partial charge is 0.369 e. The van der Waals surface area contributed by atoms with Gasteiger partial charge in [0.05, 0.1) is 17.6 Å². The fourth-order valence-electron chi connectivity index (χ4n) is 5.03. The van der Waals surface area contributed by atoms with Gasteiger partial charge >= 0.3 is 6.03 Å². The highest BCUT2D eigenvalue weighted by Gasteiger charge is 2.23. The third kappa shape index (κ3) is 6.49. The number of hydrogen-bond acceptors (Lipinski definition) is 7. The number of aryl methyl sites for hydroxylation is 2. The van der Waals surface area contributed by atoms with Crippen LogP contribution in [0, 0.1) is 13.8 Å². The predicted octanol–water partition coefficient (Wildman–Crippen LogP) is 6.13. The van der Waals surface area contributed by atoms with Crippen LogP contribution in [0.15, 0.2) is 67.3 Å². The van der Waals surface area contributed by atoms with Gasteiger partial charge in [0, 0.05) is 55.9 Å². The maximum absolute atomic E-state index is 13.9. The Labute approximate surface area is 242 Å². The molecule has 3 heterocycles. The number of nitrogens with zero attached hydrogens (tertiary/aromatic N) is 7. The summed E-state index contributed by atoms with van der Waals surface area (Å²) in [6.07, 6.45) is 5.15. The van der Waals surface area contributed by atoms with Crippen molar-refractivity contribution in [3.8, 4) is 0 Å². The summed E-state index contributed by atoms with van der Waals surface area (Å²) in [6.45, 7) is 15.5. The fraction of sp³-hybridized carbons (Fsp3) is 0.355. The van der Waals surface area contributed by atoms with Gasteiger partial charge < -0.3 is 20.4 Å². The van der Waals surface area contributed by atoms with Crippen LogP contribution in [0.25, 0.3) is 0 Å². The quantitative estimate of drug-likeness (QED) is 0.271. The summed E-state index contributed by atoms with van der Waals surface area (Å²) in [4.78, 5) is 29.3. The molecule has 0 aliphatic carbocycles. The molecule has 10 heteroatoms. The van der Waals surface area contributed by atoms with E-state index in [1.807, 2.05) is 55.1 Å². The molecule has 2 N–H and O–H groups in total. The summed E-state index contributed by atoms with van der Waals surface area (Å²) in [7, 11) is 0. The van der Waals surface area contributed by atoms with Gasteiger partial charge in [0.25, 0.3) is 0 Å². The summed E-state index contributed by atoms with van der Waals surface area (Å²) in [5.74, 6) is 1.01. The number of hydrogen-bond donors (Lipinski definition) is 2. The molecule has 0 saturated carbocycles. The van der Waals surface area contributed by atoms with Gasteiger partial charge in [0.2, 0.25) is 0 Å². The highest BCUT2D eigenvalue weighted by molar-refractivity contribution is 6.07. The lowest BCUT2D eigenvalue weighted by atomic mass is 10.1. The Kier molecular flexibility index (Phi) is 8.49. The maximum Gasteiger partial charge on any atom is 0.332 e. The molecule has 0 spiro atoms. The highest BCUT2D eigenvalue weighted by atomic mass is 16.2. The van der Waals surface area contributed by atoms with Gasteiger partial charge in [-0.3, -0.25) is 4.68 Å². The Morgan fingerprint density at radius 2 is 1.71 bits per heavy atom. The van der Waals surface area contributed by atoms with Crippen molar-refractivity contribution in [1.82, 2.24) is 24.6 Å². The summed E-state index contributed by atoms with van der Waals surface area (Å²) < 4.78 is 1.87. The van der Waals surface area contributed by atoms with Crippen molar-refractivity contribution in [3.63, 3.8) is 0 Å². The first-order valence-electron chi connectivity index (χ1n) is 14.2. The van der Waals surface area contributed by atoms with Gasteiger partial charge in [0.15, 0.2) is 0 Å². The van der Waals surface area contributed by atoms with Crippen LogP contribution < -0.4 is 20.4 Å². The van der Waals surface area contributed by atoms with Crippen molar-refractivity contribution < 1.29 is 4.79 Å². The molecule has 2 aromatic heterocycles. The van der Waals surface area contributed by atoms with E-state index in [1.54, 1.807) is 17.2 Å². The van der Waals surface area contributed by atoms with E-state index in [-0.39, 0.29) is 12.1 Å². The first-order valence-corrected chi connectivity index (χ1v) is 14.2. The van der Waals surface area contributed by atoms with E-state index in [4.69, 9.17) is 0 Å². The molecule has 1 aliphatic rings. The van der Waals surface area contributed by atoms with E-state index in [1.165, 1.54) is 6.33 Å². The van der Waals surface area contributed by atoms with Gasteiger partial charge in [-0.25, -0.2) is 19.7 Å². The van der Waals surface area contributed by atoms with Crippen LogP contribution in [0.2, 0.25) is 0 Å². The van der Waals surface area contributed by atoms with Crippen molar-refractivity contribution in [3.05, 3.63) is 78.4 Å². The molecule has 4 aromatic rings. The van der Waals surface area contributed by atoms with E-state index < -0.39 is 0 Å². The first kappa shape index (κ1) is 28.1. The fourth-order valence-corrected chi connectivity index (χ4v) is 5.03. The third-order valence-corrected chi connectivity index (χ3v) is 7.49. The lowest BCUT2D eigenvalue weighted by Crippen LogP contribution is -2.46. The van der Waals surface area contributed by atoms with Crippen LogP contribution in [0.3, 0.4) is 0 Å². The first-order chi connectivity index (χ1) is 19.8. The topological polar surface area (TPSA) is 94.5 Å². The van der Waals surface area contributed by atoms with Crippen LogP contribution in [-0.2, 0) is 0 Å². The Balaban J connectivity index is 1.44. The second kappa shape index (κ2) is 12.4. The van der Waals surface area contributed by atoms with E-state index >= 15 is 0 Å². The number of urea groups is 1. The molecule has 10 nitrogen and oxygen atoms in total. The van der Waals surface area contributed by atoms with Crippen molar-refractivity contribution in [2.45, 2.75) is 40.7 Å². The van der Waals surface area contributed by atoms with E-state index in [0.717, 1.165) is 60.9 Å². The molecule has 41 heavy (non-hydrogen) atoms. The van der Waals surface area contributed by atoms with Crippen LogP contribution in [0.4, 0.5) is 39.2 Å². The SMILES string of the molecule is CCN1CCN(c2ccc(N(C(=O)Nc3c(C)cccc3C)c3cc(Nc4cnn(C(C)C)c4)ncn3)cc2)CC1. The number of anilines is 6. The number of rotatable bonds is 8. The zero-order valence-corrected chi connectivity index (χ0v) is 24.5. The number of carbonyl (C=O) groups is 1. The van der Waals surface area contributed by atoms with Crippen LogP contribution in [0.5, 0.6) is 0 Å². The van der Waals surface area contributed by atoms with Crippen molar-refractivity contribution in [2.75, 3.05) is 53.2 Å². The summed E-state index contributed by atoms with van der Waals surface area (Å²) >= 11 is 0. The highest BCUT2D eigenvalue weighted by Crippen LogP contribution is 2.30. The lowest BCUT2D eigenvalue weighted by molar-refractivity contribution is 0.259. The average molecular weight is 554 g/mol. The number of aromatic nitrogens is 4. The molecule has 1 aliphatic heterocycles. The van der Waals surface area contributed by atoms with Crippen LogP contribution in [-0.4, -0.2) is 63.4 Å². The number of likely N-dealkylation sites (N-methyl/N-ethyl adjacent to an activating group) is 1. The molecule has 0 unspecified atom stereocenters. The molecule has 5 rings (SSSR count). The van der Waals surface area contributed by atoms with Gasteiger partial charge in [0.1, 0.15) is 18.0 Å². The van der Waals surface area contributed by atoms with Crippen molar-refractivity contribution in [1.29, 1.82) is 0 Å². The van der Waals surface area contributed by atoms with Crippen LogP contribution >= 0.6 is 0 Å². The van der Waals surface area contributed by atoms with Crippen molar-refractivity contribution in [2.24, 2.45) is 0 Å². The van der Waals surface area contributed by atoms with E-state index in [0.29, 0.717) is 17.3 Å². The predicted molar refractivity (Wildman–Crippen MR) is 166 cm³/mol. The second-order valence-electron chi connectivity index (χ2n) is 10.7. The molecular weight excluding hydrogens is 514 g/mol. The molecule has 1 fully saturated rings. The number of piperazine rings is 1. The van der Waals surface area contributed by atoms with Gasteiger partial charge in [-0.2, -0.15) is 5.10 Å². The average Bonchev–Trinajstić information content (AvgIpc) is 3.45. The van der Waals surface area contributed by atoms with E-state index in [2.05, 4.69) is 68.4 Å². The molecule has 0 atom stereocenters. The smallest absolute Gasteiger partial charge is 0.332 e. The second-order valence-corrected chi connectivity index (χ2v) is 10.7. The molecule has 2 aromatic carbocycles. The molecular formula is C31H39N9O. The molecule has 214 valence electrons. The molecule has 0 radical (unpaired) electrons. The van der Waals surface area contributed by atoms with Crippen molar-refractivity contribution >= 4 is 40.4 Å². The monoisotopic (exact) mass is 553 g/mol. The number of para-hydroxylation sites is 1. The number of benzene rings is 2. The zero-order chi connectivity index (χ0) is 28.9. The summed E-state index contributed by atoms with van der Waals surface area (Å²) in [5.41, 5.74) is 5.44. The molecule has 1 saturated heterocycles. The third-order valence-electron chi connectivity index (χ3n) is 7.49. The van der Waals surface area contributed by atoms with Crippen LogP contribution in [0.1, 0.15) is 37.9 Å². The number of amides is 2. The molecule has 0 bridgehead atoms. The number of nitrogens with one attached hydrogen (secondary N) is 2. The standard InChI is InChI=1S/C31H39N9O/c1-6-37-14-16-38(17-15-37)26-10-12-27(13-11-26)40(31(41)36-30-23(4)8-7-9-24(30)5)29-18-28(32-21-33-29)35-25-19-34-39(20-25)22(2)3/h7-13,18-22H,6,14-17H2,1-5H3,(H,36,41)(H,32,33,35). The number of carbonyl (C=O) groups excluding carboxylic acids is 1.